The lowest BCUT2D eigenvalue weighted by atomic mass is 9.79. The molecule has 1 saturated carbocycles. The van der Waals surface area contributed by atoms with Gasteiger partial charge in [-0.15, -0.1) is 0 Å². The van der Waals surface area contributed by atoms with Gasteiger partial charge in [0, 0.05) is 18.2 Å². The Labute approximate surface area is 111 Å². The molecule has 18 heavy (non-hydrogen) atoms. The molecule has 2 rings (SSSR count). The zero-order valence-corrected chi connectivity index (χ0v) is 11.9. The Morgan fingerprint density at radius 3 is 2.56 bits per heavy atom. The summed E-state index contributed by atoms with van der Waals surface area (Å²) in [5.41, 5.74) is 7.67. The van der Waals surface area contributed by atoms with E-state index < -0.39 is 0 Å². The van der Waals surface area contributed by atoms with E-state index in [0.717, 1.165) is 32.1 Å². The third kappa shape index (κ3) is 3.14. The molecule has 0 bridgehead atoms. The van der Waals surface area contributed by atoms with Crippen LogP contribution in [0.3, 0.4) is 0 Å². The van der Waals surface area contributed by atoms with Crippen LogP contribution in [-0.2, 0) is 6.42 Å². The van der Waals surface area contributed by atoms with E-state index in [1.54, 1.807) is 0 Å². The second-order valence-corrected chi connectivity index (χ2v) is 5.86. The molecule has 0 amide bonds. The first-order chi connectivity index (χ1) is 8.67. The van der Waals surface area contributed by atoms with Crippen LogP contribution in [-0.4, -0.2) is 15.3 Å². The normalized spacial score (nSPS) is 19.3. The van der Waals surface area contributed by atoms with Gasteiger partial charge in [0.2, 0.25) is 0 Å². The maximum atomic E-state index is 6.49. The van der Waals surface area contributed by atoms with Crippen molar-refractivity contribution in [2.75, 3.05) is 0 Å². The largest absolute Gasteiger partial charge is 0.325 e. The van der Waals surface area contributed by atoms with Crippen molar-refractivity contribution in [1.29, 1.82) is 0 Å². The SMILES string of the molecule is CCC(CC)n1ccc(CC2(N)CCCCC2)n1. The Hall–Kier alpha value is -0.830. The van der Waals surface area contributed by atoms with Crippen molar-refractivity contribution in [2.45, 2.75) is 76.8 Å². The fraction of sp³-hybridized carbons (Fsp3) is 0.800. The number of aromatic nitrogens is 2. The van der Waals surface area contributed by atoms with Crippen LogP contribution in [0.4, 0.5) is 0 Å². The molecular weight excluding hydrogens is 222 g/mol. The number of rotatable bonds is 5. The lowest BCUT2D eigenvalue weighted by Crippen LogP contribution is -2.43. The second kappa shape index (κ2) is 5.87. The summed E-state index contributed by atoms with van der Waals surface area (Å²) < 4.78 is 2.13. The lowest BCUT2D eigenvalue weighted by Gasteiger charge is -2.32. The van der Waals surface area contributed by atoms with E-state index in [1.807, 2.05) is 0 Å². The fourth-order valence-corrected chi connectivity index (χ4v) is 3.13. The monoisotopic (exact) mass is 249 g/mol. The van der Waals surface area contributed by atoms with Crippen LogP contribution in [0.5, 0.6) is 0 Å². The average molecular weight is 249 g/mol. The van der Waals surface area contributed by atoms with E-state index in [0.29, 0.717) is 6.04 Å². The van der Waals surface area contributed by atoms with Crippen molar-refractivity contribution in [1.82, 2.24) is 9.78 Å². The van der Waals surface area contributed by atoms with E-state index in [1.165, 1.54) is 25.0 Å². The van der Waals surface area contributed by atoms with Crippen molar-refractivity contribution >= 4 is 0 Å². The number of hydrogen-bond acceptors (Lipinski definition) is 2. The summed E-state index contributed by atoms with van der Waals surface area (Å²) in [6.07, 6.45) is 11.6. The summed E-state index contributed by atoms with van der Waals surface area (Å²) in [7, 11) is 0. The molecule has 2 N–H and O–H groups in total. The first-order valence-electron chi connectivity index (χ1n) is 7.50. The highest BCUT2D eigenvalue weighted by Crippen LogP contribution is 2.29. The van der Waals surface area contributed by atoms with Gasteiger partial charge in [0.1, 0.15) is 0 Å². The van der Waals surface area contributed by atoms with Crippen LogP contribution in [0.25, 0.3) is 0 Å². The zero-order chi connectivity index (χ0) is 13.0. The van der Waals surface area contributed by atoms with Gasteiger partial charge in [-0.1, -0.05) is 33.1 Å². The van der Waals surface area contributed by atoms with Gasteiger partial charge in [-0.3, -0.25) is 4.68 Å². The van der Waals surface area contributed by atoms with E-state index in [2.05, 4.69) is 30.8 Å². The molecule has 0 spiro atoms. The summed E-state index contributed by atoms with van der Waals surface area (Å²) >= 11 is 0. The van der Waals surface area contributed by atoms with Crippen LogP contribution < -0.4 is 5.73 Å². The molecule has 1 aromatic rings. The van der Waals surface area contributed by atoms with Crippen molar-refractivity contribution in [3.8, 4) is 0 Å². The highest BCUT2D eigenvalue weighted by molar-refractivity contribution is 5.07. The van der Waals surface area contributed by atoms with E-state index in [-0.39, 0.29) is 5.54 Å². The molecule has 0 unspecified atom stereocenters. The van der Waals surface area contributed by atoms with Crippen LogP contribution in [0.1, 0.15) is 70.5 Å². The molecule has 1 fully saturated rings. The zero-order valence-electron chi connectivity index (χ0n) is 11.9. The predicted molar refractivity (Wildman–Crippen MR) is 75.6 cm³/mol. The van der Waals surface area contributed by atoms with E-state index >= 15 is 0 Å². The summed E-state index contributed by atoms with van der Waals surface area (Å²) in [4.78, 5) is 0. The van der Waals surface area contributed by atoms with Crippen LogP contribution >= 0.6 is 0 Å². The summed E-state index contributed by atoms with van der Waals surface area (Å²) in [6.45, 7) is 4.45. The Bertz CT molecular complexity index is 360. The average Bonchev–Trinajstić information content (AvgIpc) is 2.79. The minimum absolute atomic E-state index is 0.00532. The topological polar surface area (TPSA) is 43.8 Å². The summed E-state index contributed by atoms with van der Waals surface area (Å²) in [6, 6.07) is 2.69. The Morgan fingerprint density at radius 2 is 1.94 bits per heavy atom. The summed E-state index contributed by atoms with van der Waals surface area (Å²) in [5.74, 6) is 0. The molecule has 0 radical (unpaired) electrons. The Balaban J connectivity index is 2.01. The highest BCUT2D eigenvalue weighted by Gasteiger charge is 2.28. The molecule has 3 nitrogen and oxygen atoms in total. The smallest absolute Gasteiger partial charge is 0.0643 e. The lowest BCUT2D eigenvalue weighted by molar-refractivity contribution is 0.290. The quantitative estimate of drug-likeness (QED) is 0.868. The fourth-order valence-electron chi connectivity index (χ4n) is 3.13. The van der Waals surface area contributed by atoms with Crippen molar-refractivity contribution < 1.29 is 0 Å². The minimum atomic E-state index is 0.00532. The number of nitrogens with two attached hydrogens (primary N) is 1. The van der Waals surface area contributed by atoms with E-state index in [9.17, 15) is 0 Å². The highest BCUT2D eigenvalue weighted by atomic mass is 15.3. The molecule has 3 heteroatoms. The molecule has 0 atom stereocenters. The third-order valence-electron chi connectivity index (χ3n) is 4.36. The van der Waals surface area contributed by atoms with Gasteiger partial charge in [-0.2, -0.15) is 5.10 Å². The minimum Gasteiger partial charge on any atom is -0.325 e. The Morgan fingerprint density at radius 1 is 1.28 bits per heavy atom. The van der Waals surface area contributed by atoms with Gasteiger partial charge in [0.05, 0.1) is 11.7 Å². The second-order valence-electron chi connectivity index (χ2n) is 5.86. The molecular formula is C15H27N3. The van der Waals surface area contributed by atoms with Gasteiger partial charge < -0.3 is 5.73 Å². The first kappa shape index (κ1) is 13.6. The molecule has 0 aliphatic heterocycles. The molecule has 102 valence electrons. The standard InChI is InChI=1S/C15H27N3/c1-3-14(4-2)18-11-8-13(17-18)12-15(16)9-6-5-7-10-15/h8,11,14H,3-7,9-10,12,16H2,1-2H3. The van der Waals surface area contributed by atoms with E-state index in [4.69, 9.17) is 10.8 Å². The van der Waals surface area contributed by atoms with Gasteiger partial charge in [-0.25, -0.2) is 0 Å². The maximum absolute atomic E-state index is 6.49. The van der Waals surface area contributed by atoms with Crippen LogP contribution in [0.15, 0.2) is 12.3 Å². The van der Waals surface area contributed by atoms with Crippen molar-refractivity contribution in [2.24, 2.45) is 5.73 Å². The van der Waals surface area contributed by atoms with Crippen molar-refractivity contribution in [3.05, 3.63) is 18.0 Å². The van der Waals surface area contributed by atoms with Gasteiger partial charge in [0.15, 0.2) is 0 Å². The van der Waals surface area contributed by atoms with Gasteiger partial charge >= 0.3 is 0 Å². The Kier molecular flexibility index (Phi) is 4.44. The van der Waals surface area contributed by atoms with Crippen molar-refractivity contribution in [3.63, 3.8) is 0 Å². The first-order valence-corrected chi connectivity index (χ1v) is 7.50. The number of hydrogen-bond donors (Lipinski definition) is 1. The van der Waals surface area contributed by atoms with Crippen LogP contribution in [0.2, 0.25) is 0 Å². The molecule has 0 aromatic carbocycles. The van der Waals surface area contributed by atoms with Gasteiger partial charge in [0.25, 0.3) is 0 Å². The van der Waals surface area contributed by atoms with Crippen LogP contribution in [0, 0.1) is 0 Å². The molecule has 1 aliphatic rings. The number of nitrogens with zero attached hydrogens (tertiary/aromatic N) is 2. The molecule has 0 saturated heterocycles. The molecule has 1 aliphatic carbocycles. The molecule has 1 aromatic heterocycles. The third-order valence-corrected chi connectivity index (χ3v) is 4.36. The maximum Gasteiger partial charge on any atom is 0.0643 e. The van der Waals surface area contributed by atoms with Gasteiger partial charge in [-0.05, 0) is 31.7 Å². The predicted octanol–water partition coefficient (Wildman–Crippen LogP) is 3.45. The molecule has 1 heterocycles. The summed E-state index contributed by atoms with van der Waals surface area (Å²) in [5, 5.41) is 4.73.